The maximum Gasteiger partial charge on any atom is 0.264 e. The molecule has 0 unspecified atom stereocenters. The van der Waals surface area contributed by atoms with E-state index < -0.39 is 10.0 Å². The number of sulfonamides is 1. The van der Waals surface area contributed by atoms with Crippen LogP contribution in [0.1, 0.15) is 15.9 Å². The molecule has 0 bridgehead atoms. The van der Waals surface area contributed by atoms with Crippen molar-refractivity contribution in [3.8, 4) is 0 Å². The van der Waals surface area contributed by atoms with Gasteiger partial charge in [0.2, 0.25) is 0 Å². The lowest BCUT2D eigenvalue weighted by molar-refractivity contribution is 0.0827. The van der Waals surface area contributed by atoms with Crippen molar-refractivity contribution in [2.24, 2.45) is 0 Å². The molecular formula is C17H20N2O3S. The van der Waals surface area contributed by atoms with Crippen LogP contribution in [0.2, 0.25) is 0 Å². The molecule has 6 heteroatoms. The zero-order valence-corrected chi connectivity index (χ0v) is 14.5. The Labute approximate surface area is 137 Å². The quantitative estimate of drug-likeness (QED) is 0.864. The molecule has 0 radical (unpaired) electrons. The number of amides is 1. The number of benzene rings is 2. The molecule has 122 valence electrons. The van der Waals surface area contributed by atoms with Crippen molar-refractivity contribution in [1.29, 1.82) is 0 Å². The van der Waals surface area contributed by atoms with Crippen LogP contribution < -0.4 is 4.31 Å². The second-order valence-electron chi connectivity index (χ2n) is 5.49. The van der Waals surface area contributed by atoms with E-state index in [-0.39, 0.29) is 10.8 Å². The third-order valence-corrected chi connectivity index (χ3v) is 5.38. The Morgan fingerprint density at radius 3 is 2.09 bits per heavy atom. The molecule has 2 aromatic rings. The van der Waals surface area contributed by atoms with Gasteiger partial charge in [-0.1, -0.05) is 18.2 Å². The van der Waals surface area contributed by atoms with Crippen molar-refractivity contribution in [2.45, 2.75) is 11.8 Å². The van der Waals surface area contributed by atoms with Gasteiger partial charge in [-0.2, -0.15) is 0 Å². The van der Waals surface area contributed by atoms with Gasteiger partial charge in [-0.25, -0.2) is 8.42 Å². The van der Waals surface area contributed by atoms with E-state index in [1.807, 2.05) is 0 Å². The van der Waals surface area contributed by atoms with Crippen LogP contribution in [-0.4, -0.2) is 40.4 Å². The summed E-state index contributed by atoms with van der Waals surface area (Å²) in [5.41, 5.74) is 1.80. The first kappa shape index (κ1) is 17.0. The number of carbonyl (C=O) groups excluding carboxylic acids is 1. The van der Waals surface area contributed by atoms with Crippen LogP contribution in [-0.2, 0) is 10.0 Å². The molecule has 0 saturated heterocycles. The standard InChI is InChI=1S/C17H20N2O3S/c1-13-12-14(17(20)18(2)3)10-11-16(13)19(4)23(21,22)15-8-6-5-7-9-15/h5-12H,1-4H3. The molecule has 1 amide bonds. The molecule has 0 saturated carbocycles. The molecule has 5 nitrogen and oxygen atoms in total. The molecular weight excluding hydrogens is 312 g/mol. The van der Waals surface area contributed by atoms with Crippen molar-refractivity contribution in [3.05, 3.63) is 59.7 Å². The smallest absolute Gasteiger partial charge is 0.264 e. The summed E-state index contributed by atoms with van der Waals surface area (Å²) in [5, 5.41) is 0. The summed E-state index contributed by atoms with van der Waals surface area (Å²) in [6.45, 7) is 1.79. The highest BCUT2D eigenvalue weighted by molar-refractivity contribution is 7.92. The average Bonchev–Trinajstić information content (AvgIpc) is 2.54. The molecule has 0 aliphatic carbocycles. The lowest BCUT2D eigenvalue weighted by Gasteiger charge is -2.22. The van der Waals surface area contributed by atoms with Crippen molar-refractivity contribution < 1.29 is 13.2 Å². The number of nitrogens with zero attached hydrogens (tertiary/aromatic N) is 2. The van der Waals surface area contributed by atoms with Crippen LogP contribution in [0.4, 0.5) is 5.69 Å². The maximum atomic E-state index is 12.7. The molecule has 0 heterocycles. The van der Waals surface area contributed by atoms with Gasteiger partial charge < -0.3 is 4.90 Å². The highest BCUT2D eigenvalue weighted by Crippen LogP contribution is 2.26. The fourth-order valence-corrected chi connectivity index (χ4v) is 3.56. The number of hydrogen-bond acceptors (Lipinski definition) is 3. The normalized spacial score (nSPS) is 11.1. The number of carbonyl (C=O) groups is 1. The second-order valence-corrected chi connectivity index (χ2v) is 7.46. The van der Waals surface area contributed by atoms with E-state index >= 15 is 0 Å². The van der Waals surface area contributed by atoms with Crippen LogP contribution in [0.3, 0.4) is 0 Å². The first-order valence-corrected chi connectivity index (χ1v) is 8.55. The van der Waals surface area contributed by atoms with Crippen LogP contribution in [0, 0.1) is 6.92 Å². The zero-order chi connectivity index (χ0) is 17.2. The van der Waals surface area contributed by atoms with Crippen molar-refractivity contribution in [2.75, 3.05) is 25.4 Å². The molecule has 0 aromatic heterocycles. The van der Waals surface area contributed by atoms with Gasteiger partial charge in [-0.15, -0.1) is 0 Å². The molecule has 23 heavy (non-hydrogen) atoms. The van der Waals surface area contributed by atoms with Gasteiger partial charge in [-0.3, -0.25) is 9.10 Å². The van der Waals surface area contributed by atoms with E-state index in [9.17, 15) is 13.2 Å². The number of aryl methyl sites for hydroxylation is 1. The van der Waals surface area contributed by atoms with Crippen LogP contribution >= 0.6 is 0 Å². The monoisotopic (exact) mass is 332 g/mol. The predicted octanol–water partition coefficient (Wildman–Crippen LogP) is 2.52. The molecule has 0 aliphatic rings. The highest BCUT2D eigenvalue weighted by atomic mass is 32.2. The van der Waals surface area contributed by atoms with E-state index in [0.29, 0.717) is 11.3 Å². The third kappa shape index (κ3) is 3.37. The van der Waals surface area contributed by atoms with Crippen molar-refractivity contribution in [1.82, 2.24) is 4.90 Å². The topological polar surface area (TPSA) is 57.7 Å². The van der Waals surface area contributed by atoms with E-state index in [2.05, 4.69) is 0 Å². The summed E-state index contributed by atoms with van der Waals surface area (Å²) < 4.78 is 26.6. The van der Waals surface area contributed by atoms with Crippen LogP contribution in [0.25, 0.3) is 0 Å². The summed E-state index contributed by atoms with van der Waals surface area (Å²) in [6, 6.07) is 13.3. The third-order valence-electron chi connectivity index (χ3n) is 3.59. The molecule has 2 rings (SSSR count). The minimum absolute atomic E-state index is 0.117. The number of anilines is 1. The van der Waals surface area contributed by atoms with E-state index in [0.717, 1.165) is 5.56 Å². The lowest BCUT2D eigenvalue weighted by atomic mass is 10.1. The molecule has 2 aromatic carbocycles. The maximum absolute atomic E-state index is 12.7. The van der Waals surface area contributed by atoms with Gasteiger partial charge in [0.05, 0.1) is 10.6 Å². The molecule has 0 aliphatic heterocycles. The van der Waals surface area contributed by atoms with Crippen LogP contribution in [0.5, 0.6) is 0 Å². The van der Waals surface area contributed by atoms with Gasteiger partial charge in [0, 0.05) is 26.7 Å². The highest BCUT2D eigenvalue weighted by Gasteiger charge is 2.22. The minimum atomic E-state index is -3.63. The average molecular weight is 332 g/mol. The summed E-state index contributed by atoms with van der Waals surface area (Å²) in [4.78, 5) is 13.7. The van der Waals surface area contributed by atoms with E-state index in [1.54, 1.807) is 69.6 Å². The number of rotatable bonds is 4. The fourth-order valence-electron chi connectivity index (χ4n) is 2.28. The van der Waals surface area contributed by atoms with Crippen molar-refractivity contribution in [3.63, 3.8) is 0 Å². The Kier molecular flexibility index (Phi) is 4.75. The van der Waals surface area contributed by atoms with Crippen LogP contribution in [0.15, 0.2) is 53.4 Å². The molecule has 0 N–H and O–H groups in total. The minimum Gasteiger partial charge on any atom is -0.345 e. The lowest BCUT2D eigenvalue weighted by Crippen LogP contribution is -2.27. The first-order valence-electron chi connectivity index (χ1n) is 7.11. The van der Waals surface area contributed by atoms with Gasteiger partial charge in [0.15, 0.2) is 0 Å². The summed E-state index contributed by atoms with van der Waals surface area (Å²) >= 11 is 0. The van der Waals surface area contributed by atoms with Gasteiger partial charge in [0.1, 0.15) is 0 Å². The Hall–Kier alpha value is -2.34. The van der Waals surface area contributed by atoms with E-state index in [4.69, 9.17) is 0 Å². The van der Waals surface area contributed by atoms with Crippen molar-refractivity contribution >= 4 is 21.6 Å². The fraction of sp³-hybridized carbons (Fsp3) is 0.235. The Morgan fingerprint density at radius 1 is 0.957 bits per heavy atom. The SMILES string of the molecule is Cc1cc(C(=O)N(C)C)ccc1N(C)S(=O)(=O)c1ccccc1. The molecule has 0 atom stereocenters. The predicted molar refractivity (Wildman–Crippen MR) is 91.2 cm³/mol. The zero-order valence-electron chi connectivity index (χ0n) is 13.6. The van der Waals surface area contributed by atoms with Gasteiger partial charge >= 0.3 is 0 Å². The molecule has 0 fully saturated rings. The Balaban J connectivity index is 2.41. The summed E-state index contributed by atoms with van der Waals surface area (Å²) in [5.74, 6) is -0.117. The van der Waals surface area contributed by atoms with E-state index in [1.165, 1.54) is 16.3 Å². The second kappa shape index (κ2) is 6.42. The number of hydrogen-bond donors (Lipinski definition) is 0. The van der Waals surface area contributed by atoms with Gasteiger partial charge in [-0.05, 0) is 42.8 Å². The first-order chi connectivity index (χ1) is 10.7. The largest absolute Gasteiger partial charge is 0.345 e. The summed E-state index contributed by atoms with van der Waals surface area (Å²) in [7, 11) is 1.24. The Morgan fingerprint density at radius 2 is 1.57 bits per heavy atom. The Bertz CT molecular complexity index is 815. The molecule has 0 spiro atoms. The summed E-state index contributed by atoms with van der Waals surface area (Å²) in [6.07, 6.45) is 0. The van der Waals surface area contributed by atoms with Gasteiger partial charge in [0.25, 0.3) is 15.9 Å².